The van der Waals surface area contributed by atoms with Crippen molar-refractivity contribution in [1.29, 1.82) is 0 Å². The van der Waals surface area contributed by atoms with Gasteiger partial charge in [0.25, 0.3) is 0 Å². The smallest absolute Gasteiger partial charge is 0.0801 e. The van der Waals surface area contributed by atoms with Gasteiger partial charge in [-0.1, -0.05) is 6.92 Å². The third-order valence-electron chi connectivity index (χ3n) is 5.09. The summed E-state index contributed by atoms with van der Waals surface area (Å²) < 4.78 is 5.96. The van der Waals surface area contributed by atoms with Crippen molar-refractivity contribution in [3.8, 4) is 0 Å². The van der Waals surface area contributed by atoms with Gasteiger partial charge in [0.1, 0.15) is 0 Å². The predicted molar refractivity (Wildman–Crippen MR) is 66.9 cm³/mol. The molecule has 0 aromatic rings. The van der Waals surface area contributed by atoms with Gasteiger partial charge in [0.15, 0.2) is 0 Å². The molecule has 3 fully saturated rings. The largest absolute Gasteiger partial charge is 0.391 e. The van der Waals surface area contributed by atoms with Gasteiger partial charge in [-0.25, -0.2) is 0 Å². The molecule has 2 saturated heterocycles. The predicted octanol–water partition coefficient (Wildman–Crippen LogP) is 1.79. The number of hydrogen-bond acceptors (Lipinski definition) is 3. The number of rotatable bonds is 1. The van der Waals surface area contributed by atoms with Gasteiger partial charge in [0.2, 0.25) is 0 Å². The first-order valence-electron chi connectivity index (χ1n) is 7.25. The number of hydrogen-bond donors (Lipinski definition) is 1. The molecule has 98 valence electrons. The Bertz CT molecular complexity index is 277. The molecule has 3 heteroatoms. The van der Waals surface area contributed by atoms with E-state index in [9.17, 15) is 5.11 Å². The highest BCUT2D eigenvalue weighted by molar-refractivity contribution is 4.99. The van der Waals surface area contributed by atoms with Gasteiger partial charge in [0, 0.05) is 12.5 Å². The van der Waals surface area contributed by atoms with Crippen LogP contribution in [0, 0.1) is 5.92 Å². The first-order valence-corrected chi connectivity index (χ1v) is 7.25. The Morgan fingerprint density at radius 1 is 1.24 bits per heavy atom. The average molecular weight is 239 g/mol. The number of aliphatic hydroxyl groups is 1. The minimum absolute atomic E-state index is 0.0131. The third-order valence-corrected chi connectivity index (χ3v) is 5.09. The molecule has 1 saturated carbocycles. The van der Waals surface area contributed by atoms with E-state index in [1.54, 1.807) is 0 Å². The Balaban J connectivity index is 1.70. The summed E-state index contributed by atoms with van der Waals surface area (Å²) in [6, 6.07) is 0.691. The Labute approximate surface area is 104 Å². The Kier molecular flexibility index (Phi) is 3.18. The van der Waals surface area contributed by atoms with Crippen LogP contribution >= 0.6 is 0 Å². The van der Waals surface area contributed by atoms with E-state index in [0.717, 1.165) is 25.2 Å². The number of nitrogens with zero attached hydrogens (tertiary/aromatic N) is 1. The molecule has 0 bridgehead atoms. The van der Waals surface area contributed by atoms with Crippen molar-refractivity contribution in [3.05, 3.63) is 0 Å². The molecule has 3 rings (SSSR count). The van der Waals surface area contributed by atoms with Crippen LogP contribution in [0.2, 0.25) is 0 Å². The van der Waals surface area contributed by atoms with Crippen molar-refractivity contribution >= 4 is 0 Å². The molecule has 4 atom stereocenters. The normalized spacial score (nSPS) is 48.0. The van der Waals surface area contributed by atoms with Crippen LogP contribution in [-0.4, -0.2) is 47.4 Å². The molecule has 0 amide bonds. The lowest BCUT2D eigenvalue weighted by Crippen LogP contribution is -2.48. The first-order chi connectivity index (χ1) is 8.19. The Morgan fingerprint density at radius 3 is 2.65 bits per heavy atom. The maximum Gasteiger partial charge on any atom is 0.0801 e. The topological polar surface area (TPSA) is 32.7 Å². The van der Waals surface area contributed by atoms with E-state index < -0.39 is 0 Å². The van der Waals surface area contributed by atoms with Crippen LogP contribution in [0.15, 0.2) is 0 Å². The molecule has 3 aliphatic rings. The number of aliphatic hydroxyl groups excluding tert-OH is 1. The molecule has 2 aliphatic heterocycles. The van der Waals surface area contributed by atoms with Gasteiger partial charge in [-0.05, 0) is 51.1 Å². The summed E-state index contributed by atoms with van der Waals surface area (Å²) in [7, 11) is 0. The fourth-order valence-electron chi connectivity index (χ4n) is 4.07. The minimum Gasteiger partial charge on any atom is -0.391 e. The summed E-state index contributed by atoms with van der Waals surface area (Å²) in [4.78, 5) is 2.67. The zero-order valence-electron chi connectivity index (χ0n) is 10.9. The highest BCUT2D eigenvalue weighted by Gasteiger charge is 2.46. The van der Waals surface area contributed by atoms with E-state index in [-0.39, 0.29) is 11.7 Å². The van der Waals surface area contributed by atoms with Crippen molar-refractivity contribution in [3.63, 3.8) is 0 Å². The van der Waals surface area contributed by atoms with Crippen molar-refractivity contribution in [2.24, 2.45) is 5.92 Å². The highest BCUT2D eigenvalue weighted by Crippen LogP contribution is 2.43. The lowest BCUT2D eigenvalue weighted by atomic mass is 9.74. The molecular weight excluding hydrogens is 214 g/mol. The molecule has 2 heterocycles. The van der Waals surface area contributed by atoms with Gasteiger partial charge < -0.3 is 14.7 Å². The molecule has 17 heavy (non-hydrogen) atoms. The molecule has 1 N–H and O–H groups in total. The van der Waals surface area contributed by atoms with Crippen LogP contribution in [0.5, 0.6) is 0 Å². The third kappa shape index (κ3) is 2.25. The first kappa shape index (κ1) is 11.9. The van der Waals surface area contributed by atoms with Crippen LogP contribution in [0.25, 0.3) is 0 Å². The van der Waals surface area contributed by atoms with Crippen LogP contribution in [0.1, 0.15) is 45.4 Å². The molecule has 0 radical (unpaired) electrons. The SMILES string of the molecule is C[C@H]1CC[C@@]2(CC(O)CO2)C[C@@H]1N1CCCC1. The van der Waals surface area contributed by atoms with Crippen LogP contribution in [-0.2, 0) is 4.74 Å². The summed E-state index contributed by atoms with van der Waals surface area (Å²) in [6.45, 7) is 5.49. The quantitative estimate of drug-likeness (QED) is 0.757. The minimum atomic E-state index is -0.220. The van der Waals surface area contributed by atoms with Crippen molar-refractivity contribution in [1.82, 2.24) is 4.90 Å². The number of ether oxygens (including phenoxy) is 1. The Morgan fingerprint density at radius 2 is 2.00 bits per heavy atom. The fourth-order valence-corrected chi connectivity index (χ4v) is 4.07. The van der Waals surface area contributed by atoms with E-state index in [2.05, 4.69) is 11.8 Å². The summed E-state index contributed by atoms with van der Waals surface area (Å²) in [5.41, 5.74) is 0.0131. The summed E-state index contributed by atoms with van der Waals surface area (Å²) in [5, 5.41) is 9.73. The Hall–Kier alpha value is -0.120. The monoisotopic (exact) mass is 239 g/mol. The van der Waals surface area contributed by atoms with Gasteiger partial charge in [-0.2, -0.15) is 0 Å². The van der Waals surface area contributed by atoms with Crippen molar-refractivity contribution < 1.29 is 9.84 Å². The van der Waals surface area contributed by atoms with Crippen LogP contribution < -0.4 is 0 Å². The van der Waals surface area contributed by atoms with Crippen LogP contribution in [0.4, 0.5) is 0 Å². The zero-order chi connectivity index (χ0) is 11.9. The number of likely N-dealkylation sites (tertiary alicyclic amines) is 1. The lowest BCUT2D eigenvalue weighted by Gasteiger charge is -2.44. The molecule has 1 spiro atoms. The standard InChI is InChI=1S/C14H25NO2/c1-11-4-5-14(8-12(16)10-17-14)9-13(11)15-6-2-3-7-15/h11-13,16H,2-10H2,1H3/t11-,12?,13-,14+/m0/s1. The second-order valence-electron chi connectivity index (χ2n) is 6.38. The second-order valence-corrected chi connectivity index (χ2v) is 6.38. The molecule has 0 aromatic carbocycles. The van der Waals surface area contributed by atoms with E-state index in [0.29, 0.717) is 12.6 Å². The molecule has 1 aliphatic carbocycles. The maximum atomic E-state index is 9.73. The van der Waals surface area contributed by atoms with Gasteiger partial charge in [-0.3, -0.25) is 0 Å². The summed E-state index contributed by atoms with van der Waals surface area (Å²) in [6.07, 6.45) is 6.92. The van der Waals surface area contributed by atoms with Crippen molar-refractivity contribution in [2.45, 2.75) is 63.2 Å². The van der Waals surface area contributed by atoms with E-state index in [4.69, 9.17) is 4.74 Å². The maximum absolute atomic E-state index is 9.73. The summed E-state index contributed by atoms with van der Waals surface area (Å²) in [5.74, 6) is 0.792. The van der Waals surface area contributed by atoms with Crippen LogP contribution in [0.3, 0.4) is 0 Å². The van der Waals surface area contributed by atoms with Gasteiger partial charge in [0.05, 0.1) is 18.3 Å². The molecule has 1 unspecified atom stereocenters. The second kappa shape index (κ2) is 4.52. The molecular formula is C14H25NO2. The lowest BCUT2D eigenvalue weighted by molar-refractivity contribution is -0.0631. The zero-order valence-corrected chi connectivity index (χ0v) is 10.9. The summed E-state index contributed by atoms with van der Waals surface area (Å²) >= 11 is 0. The average Bonchev–Trinajstić information content (AvgIpc) is 2.93. The molecule has 0 aromatic heterocycles. The van der Waals surface area contributed by atoms with Gasteiger partial charge >= 0.3 is 0 Å². The highest BCUT2D eigenvalue weighted by atomic mass is 16.5. The van der Waals surface area contributed by atoms with E-state index >= 15 is 0 Å². The van der Waals surface area contributed by atoms with E-state index in [1.165, 1.54) is 32.4 Å². The van der Waals surface area contributed by atoms with Crippen molar-refractivity contribution in [2.75, 3.05) is 19.7 Å². The van der Waals surface area contributed by atoms with E-state index in [1.807, 2.05) is 0 Å². The fraction of sp³-hybridized carbons (Fsp3) is 1.00. The van der Waals surface area contributed by atoms with Gasteiger partial charge in [-0.15, -0.1) is 0 Å². The molecule has 3 nitrogen and oxygen atoms in total.